The highest BCUT2D eigenvalue weighted by atomic mass is 35.5. The van der Waals surface area contributed by atoms with Gasteiger partial charge in [0.15, 0.2) is 24.4 Å². The minimum Gasteiger partial charge on any atom is -0.469 e. The van der Waals surface area contributed by atoms with Crippen LogP contribution in [0.25, 0.3) is 0 Å². The lowest BCUT2D eigenvalue weighted by Gasteiger charge is -2.39. The first kappa shape index (κ1) is 101. The van der Waals surface area contributed by atoms with Gasteiger partial charge in [-0.05, 0) is 141 Å². The number of alkyl halides is 10. The van der Waals surface area contributed by atoms with Gasteiger partial charge in [0.05, 0.1) is 83.7 Å². The molecule has 2 aliphatic heterocycles. The highest BCUT2D eigenvalue weighted by molar-refractivity contribution is 7.11. The second-order valence-corrected chi connectivity index (χ2v) is 31.8. The number of nitrogens with one attached hydrogen (secondary N) is 1. The number of methoxy groups -OCH3 is 3. The number of esters is 5. The Labute approximate surface area is 672 Å². The molecule has 24 nitrogen and oxygen atoms in total. The zero-order chi connectivity index (χ0) is 85.6. The average molecular weight is 1700 g/mol. The van der Waals surface area contributed by atoms with Crippen LogP contribution in [0.2, 0.25) is 5.02 Å². The minimum absolute atomic E-state index is 0.00347. The molecule has 6 saturated carbocycles. The third-order valence-electron chi connectivity index (χ3n) is 19.5. The molecule has 0 amide bonds. The summed E-state index contributed by atoms with van der Waals surface area (Å²) in [6.07, 6.45) is 10.7. The van der Waals surface area contributed by atoms with Crippen LogP contribution in [0.15, 0.2) is 46.0 Å². The molecule has 654 valence electrons. The normalized spacial score (nSPS) is 25.1. The fraction of sp³-hybridized carbons (Fsp3) is 0.744. The minimum atomic E-state index is -3.02. The Kier molecular flexibility index (Phi) is 44.0. The fourth-order valence-electron chi connectivity index (χ4n) is 14.3. The Morgan fingerprint density at radius 1 is 0.670 bits per heavy atom. The summed E-state index contributed by atoms with van der Waals surface area (Å²) >= 11 is 7.67. The quantitative estimate of drug-likeness (QED) is 0.0220. The van der Waals surface area contributed by atoms with E-state index in [0.717, 1.165) is 57.4 Å². The van der Waals surface area contributed by atoms with Gasteiger partial charge in [-0.2, -0.15) is 0 Å². The van der Waals surface area contributed by atoms with Gasteiger partial charge in [-0.3, -0.25) is 38.7 Å². The lowest BCUT2D eigenvalue weighted by atomic mass is 9.87. The van der Waals surface area contributed by atoms with Crippen LogP contribution >= 0.6 is 22.9 Å². The number of nitrogens with zero attached hydrogens (tertiary/aromatic N) is 3. The predicted octanol–water partition coefficient (Wildman–Crippen LogP) is 14.5. The summed E-state index contributed by atoms with van der Waals surface area (Å²) in [6, 6.07) is 2.74. The molecule has 8 unspecified atom stereocenters. The first-order valence-corrected chi connectivity index (χ1v) is 39.8. The van der Waals surface area contributed by atoms with E-state index in [1.165, 1.54) is 49.7 Å². The second-order valence-electron chi connectivity index (χ2n) is 30.5. The summed E-state index contributed by atoms with van der Waals surface area (Å²) in [6.45, 7) is 6.76. The van der Waals surface area contributed by atoms with E-state index in [2.05, 4.69) is 39.0 Å². The van der Waals surface area contributed by atoms with Crippen LogP contribution < -0.4 is 5.32 Å². The summed E-state index contributed by atoms with van der Waals surface area (Å²) in [5, 5.41) is 23.2. The Bertz CT molecular complexity index is 3380. The van der Waals surface area contributed by atoms with Crippen LogP contribution in [-0.2, 0) is 85.7 Å². The van der Waals surface area contributed by atoms with Crippen molar-refractivity contribution in [1.29, 1.82) is 0 Å². The Morgan fingerprint density at radius 3 is 1.68 bits per heavy atom. The lowest BCUT2D eigenvalue weighted by Crippen LogP contribution is -2.50. The molecule has 0 bridgehead atoms. The number of amidine groups is 1. The Hall–Kier alpha value is -6.70. The number of rotatable bonds is 24. The van der Waals surface area contributed by atoms with Crippen molar-refractivity contribution in [3.8, 4) is 0 Å². The highest BCUT2D eigenvalue weighted by Crippen LogP contribution is 2.42. The highest BCUT2D eigenvalue weighted by Gasteiger charge is 2.44. The zero-order valence-corrected chi connectivity index (χ0v) is 67.8. The number of hydrogen-bond acceptors (Lipinski definition) is 25. The number of aromatic nitrogens is 1. The van der Waals surface area contributed by atoms with Crippen molar-refractivity contribution in [2.24, 2.45) is 46.4 Å². The fourth-order valence-corrected chi connectivity index (χ4v) is 15.2. The molecular formula is C78H112ClF11N4O20S. The van der Waals surface area contributed by atoms with E-state index in [9.17, 15) is 91.8 Å². The number of aliphatic hydroxyl groups excluding tert-OH is 2. The largest absolute Gasteiger partial charge is 0.469 e. The maximum atomic E-state index is 14.7. The number of ether oxygens (including phenoxy) is 10. The van der Waals surface area contributed by atoms with Gasteiger partial charge in [0, 0.05) is 124 Å². The number of ketones is 1. The van der Waals surface area contributed by atoms with Gasteiger partial charge in [-0.25, -0.2) is 62.9 Å². The molecule has 37 heteroatoms. The molecule has 3 heterocycles. The Morgan fingerprint density at radius 2 is 1.18 bits per heavy atom. The number of thiazole rings is 1. The number of aliphatic imine (C=N–C) groups is 1. The van der Waals surface area contributed by atoms with Crippen LogP contribution in [0, 0.1) is 47.2 Å². The number of aliphatic hydroxyl groups is 2. The van der Waals surface area contributed by atoms with Crippen LogP contribution in [0.3, 0.4) is 0 Å². The second kappa shape index (κ2) is 50.3. The number of Topliss-reactive ketones (excluding diaryl/α,β-unsaturated/α-hetero) is 1. The zero-order valence-electron chi connectivity index (χ0n) is 66.2. The molecule has 0 spiro atoms. The van der Waals surface area contributed by atoms with Crippen molar-refractivity contribution in [2.75, 3.05) is 94.2 Å². The third kappa shape index (κ3) is 39.6. The first-order valence-electron chi connectivity index (χ1n) is 38.5. The first-order chi connectivity index (χ1) is 54.2. The number of hydrogen-bond donors (Lipinski definition) is 3. The summed E-state index contributed by atoms with van der Waals surface area (Å²) in [5.41, 5.74) is 0.172. The predicted molar refractivity (Wildman–Crippen MR) is 397 cm³/mol. The number of carbonyl (C=O) groups excluding carboxylic acids is 8. The van der Waals surface area contributed by atoms with E-state index < -0.39 is 89.8 Å². The Balaban J connectivity index is 0.000000307. The maximum absolute atomic E-state index is 14.7. The molecule has 115 heavy (non-hydrogen) atoms. The summed E-state index contributed by atoms with van der Waals surface area (Å²) in [5.74, 6) is -17.3. The van der Waals surface area contributed by atoms with Crippen molar-refractivity contribution in [1.82, 2.24) is 15.2 Å². The number of likely N-dealkylation sites (tertiary alicyclic amines) is 1. The number of piperidine rings is 1. The molecule has 2 aromatic rings. The topological polar surface area (TPSA) is 310 Å². The van der Waals surface area contributed by atoms with E-state index in [-0.39, 0.29) is 195 Å². The van der Waals surface area contributed by atoms with Gasteiger partial charge in [-0.1, -0.05) is 24.1 Å². The molecule has 6 aliphatic carbocycles. The molecule has 1 aromatic heterocycles. The van der Waals surface area contributed by atoms with Crippen LogP contribution in [0.4, 0.5) is 48.3 Å². The standard InChI is InChI=1S/C25H26ClF3N4O5S.C13H22F2O3.C9H14F2O3.C8H12F2O2.C8H14O3.C8H12O3.C7H12F2O/c1-2-38-24(35)20-19(10-33-9-15(8-25(28,29)12-33)11-36-14-37-13-34)31-22(23-30-5-6-39-23)32-21(20)17-4-3-16(27)7-18(17)26;1-12(2,3)18-11(16)9-17-8-10-5-4-6-13(14,15)7-10;10-9(11)3-1-2-8(4-9)5-13-7-14-6-12;1-12-7(11)6-3-2-4-8(9,10)5-6;2*1-11-8(10)6-3-2-4-7(9)5-6;8-7(9)3-1-2-6(4-7)5-10/h3-7,13,15,21H,2,8-12,14H2,1H3,(H,31,32);10H,4-9H2,1-3H3;6,8H,1-5,7H2;6H,2-5H2,1H3;6-7,9H,2-5H2,1H3;6H,2-5H2,1H3;6,10H,1-5H2/t15?,21-;;;;;;/m0....../s1. The summed E-state index contributed by atoms with van der Waals surface area (Å²) < 4.78 is 194. The number of halogens is 12. The molecule has 1 aromatic carbocycles. The van der Waals surface area contributed by atoms with Crippen molar-refractivity contribution < 1.29 is 144 Å². The van der Waals surface area contributed by atoms with Gasteiger partial charge >= 0.3 is 29.8 Å². The van der Waals surface area contributed by atoms with E-state index in [0.29, 0.717) is 73.5 Å². The molecule has 8 aliphatic rings. The van der Waals surface area contributed by atoms with E-state index in [1.54, 1.807) is 39.3 Å². The molecular weight excluding hydrogens is 1590 g/mol. The monoisotopic (exact) mass is 1700 g/mol. The third-order valence-corrected chi connectivity index (χ3v) is 20.6. The summed E-state index contributed by atoms with van der Waals surface area (Å²) in [7, 11) is 3.99. The molecule has 9 atom stereocenters. The smallest absolute Gasteiger partial charge is 0.338 e. The molecule has 3 N–H and O–H groups in total. The van der Waals surface area contributed by atoms with Crippen molar-refractivity contribution in [3.63, 3.8) is 0 Å². The molecule has 10 rings (SSSR count). The van der Waals surface area contributed by atoms with Crippen LogP contribution in [0.5, 0.6) is 0 Å². The van der Waals surface area contributed by atoms with Crippen LogP contribution in [-0.4, -0.2) is 210 Å². The van der Waals surface area contributed by atoms with Crippen molar-refractivity contribution >= 4 is 77.3 Å². The van der Waals surface area contributed by atoms with E-state index in [1.807, 2.05) is 0 Å². The molecule has 1 saturated heterocycles. The van der Waals surface area contributed by atoms with Gasteiger partial charge in [0.2, 0.25) is 23.7 Å². The van der Waals surface area contributed by atoms with Gasteiger partial charge in [-0.15, -0.1) is 11.3 Å². The maximum Gasteiger partial charge on any atom is 0.338 e. The van der Waals surface area contributed by atoms with E-state index in [4.69, 9.17) is 40.4 Å². The van der Waals surface area contributed by atoms with Crippen molar-refractivity contribution in [3.05, 3.63) is 62.5 Å². The molecule has 0 radical (unpaired) electrons. The number of benzene rings is 1. The SMILES string of the molecule is CC(C)(C)OC(=O)COCC1CCCC(F)(F)C1.CCOC(=O)C1=C(CN2CC(COCOC=O)CC(F)(F)C2)NC(c2nccs2)=N[C@H]1c1ccc(F)cc1Cl.COC(=O)C1CCCC(=O)C1.COC(=O)C1CCCC(F)(F)C1.COC(=O)C1CCCC(O)C1.O=COCOCC1CCCC(F)(F)C1.OCC1CCCC(F)(F)C1. The summed E-state index contributed by atoms with van der Waals surface area (Å²) in [4.78, 5) is 98.8. The van der Waals surface area contributed by atoms with Crippen LogP contribution in [0.1, 0.15) is 205 Å². The van der Waals surface area contributed by atoms with Crippen molar-refractivity contribution in [2.45, 2.75) is 236 Å². The number of carbonyl (C=O) groups is 8. The average Bonchev–Trinajstić information content (AvgIpc) is 1.52. The van der Waals surface area contributed by atoms with Gasteiger partial charge < -0.3 is 62.9 Å². The lowest BCUT2D eigenvalue weighted by molar-refractivity contribution is -0.161. The van der Waals surface area contributed by atoms with Gasteiger partial charge in [0.25, 0.3) is 18.9 Å². The molecule has 7 fully saturated rings. The van der Waals surface area contributed by atoms with E-state index >= 15 is 0 Å². The van der Waals surface area contributed by atoms with Gasteiger partial charge in [0.1, 0.15) is 29.9 Å².